The molecule has 3 rings (SSSR count). The molecule has 3 aromatic rings. The van der Waals surface area contributed by atoms with E-state index in [0.717, 1.165) is 17.1 Å². The van der Waals surface area contributed by atoms with Crippen molar-refractivity contribution >= 4 is 27.0 Å². The second-order valence-electron chi connectivity index (χ2n) is 4.29. The molecule has 0 spiro atoms. The SMILES string of the molecule is FC(F)(F)c1cc(-c2nc3ccccc3[nH]2)ccc1Br. The number of fused-ring (bicyclic) bond motifs is 1. The fraction of sp³-hybridized carbons (Fsp3) is 0.0714. The van der Waals surface area contributed by atoms with Crippen LogP contribution < -0.4 is 0 Å². The normalized spacial score (nSPS) is 12.0. The molecule has 102 valence electrons. The highest BCUT2D eigenvalue weighted by atomic mass is 79.9. The van der Waals surface area contributed by atoms with E-state index < -0.39 is 11.7 Å². The minimum absolute atomic E-state index is 0.0184. The van der Waals surface area contributed by atoms with Crippen molar-refractivity contribution in [2.75, 3.05) is 0 Å². The Labute approximate surface area is 120 Å². The molecule has 0 saturated heterocycles. The van der Waals surface area contributed by atoms with Gasteiger partial charge in [0, 0.05) is 10.0 Å². The van der Waals surface area contributed by atoms with E-state index in [-0.39, 0.29) is 4.47 Å². The number of imidazole rings is 1. The maximum Gasteiger partial charge on any atom is 0.417 e. The number of aromatic nitrogens is 2. The molecule has 1 heterocycles. The molecular formula is C14H8BrF3N2. The molecule has 1 N–H and O–H groups in total. The summed E-state index contributed by atoms with van der Waals surface area (Å²) >= 11 is 2.92. The summed E-state index contributed by atoms with van der Waals surface area (Å²) in [5.41, 5.74) is 1.20. The van der Waals surface area contributed by atoms with E-state index in [1.165, 1.54) is 6.07 Å². The van der Waals surface area contributed by atoms with Gasteiger partial charge in [0.15, 0.2) is 0 Å². The number of halogens is 4. The molecule has 0 saturated carbocycles. The van der Waals surface area contributed by atoms with Crippen molar-refractivity contribution in [2.45, 2.75) is 6.18 Å². The second-order valence-corrected chi connectivity index (χ2v) is 5.15. The van der Waals surface area contributed by atoms with Crippen LogP contribution in [0.2, 0.25) is 0 Å². The highest BCUT2D eigenvalue weighted by Gasteiger charge is 2.33. The van der Waals surface area contributed by atoms with Gasteiger partial charge >= 0.3 is 6.18 Å². The minimum Gasteiger partial charge on any atom is -0.338 e. The first kappa shape index (κ1) is 13.2. The predicted molar refractivity (Wildman–Crippen MR) is 74.2 cm³/mol. The van der Waals surface area contributed by atoms with Crippen molar-refractivity contribution in [1.82, 2.24) is 9.97 Å². The summed E-state index contributed by atoms with van der Waals surface area (Å²) in [6.45, 7) is 0. The first-order valence-electron chi connectivity index (χ1n) is 5.77. The van der Waals surface area contributed by atoms with E-state index in [2.05, 4.69) is 25.9 Å². The van der Waals surface area contributed by atoms with Crippen molar-refractivity contribution in [3.8, 4) is 11.4 Å². The quantitative estimate of drug-likeness (QED) is 0.662. The number of benzene rings is 2. The number of alkyl halides is 3. The van der Waals surface area contributed by atoms with Crippen molar-refractivity contribution in [3.05, 3.63) is 52.5 Å². The number of para-hydroxylation sites is 2. The summed E-state index contributed by atoms with van der Waals surface area (Å²) in [5, 5.41) is 0. The molecule has 20 heavy (non-hydrogen) atoms. The number of hydrogen-bond acceptors (Lipinski definition) is 1. The highest BCUT2D eigenvalue weighted by molar-refractivity contribution is 9.10. The van der Waals surface area contributed by atoms with Gasteiger partial charge in [-0.15, -0.1) is 0 Å². The van der Waals surface area contributed by atoms with Crippen LogP contribution in [0.3, 0.4) is 0 Å². The molecule has 0 aliphatic rings. The smallest absolute Gasteiger partial charge is 0.338 e. The maximum atomic E-state index is 12.9. The maximum absolute atomic E-state index is 12.9. The fourth-order valence-electron chi connectivity index (χ4n) is 1.98. The Bertz CT molecular complexity index is 744. The van der Waals surface area contributed by atoms with E-state index >= 15 is 0 Å². The van der Waals surface area contributed by atoms with E-state index in [0.29, 0.717) is 11.4 Å². The van der Waals surface area contributed by atoms with Crippen molar-refractivity contribution in [2.24, 2.45) is 0 Å². The molecule has 0 bridgehead atoms. The summed E-state index contributed by atoms with van der Waals surface area (Å²) in [6, 6.07) is 11.4. The molecule has 6 heteroatoms. The Morgan fingerprint density at radius 3 is 2.50 bits per heavy atom. The molecule has 0 aliphatic heterocycles. The van der Waals surface area contributed by atoms with Crippen LogP contribution in [0.15, 0.2) is 46.9 Å². The predicted octanol–water partition coefficient (Wildman–Crippen LogP) is 5.01. The van der Waals surface area contributed by atoms with Crippen LogP contribution in [0.1, 0.15) is 5.56 Å². The lowest BCUT2D eigenvalue weighted by Crippen LogP contribution is -2.06. The van der Waals surface area contributed by atoms with Gasteiger partial charge in [-0.2, -0.15) is 13.2 Å². The Morgan fingerprint density at radius 1 is 1.05 bits per heavy atom. The molecule has 0 amide bonds. The summed E-state index contributed by atoms with van der Waals surface area (Å²) < 4.78 is 38.7. The first-order valence-corrected chi connectivity index (χ1v) is 6.56. The molecule has 0 aliphatic carbocycles. The monoisotopic (exact) mass is 340 g/mol. The lowest BCUT2D eigenvalue weighted by atomic mass is 10.1. The van der Waals surface area contributed by atoms with Crippen LogP contribution in [0, 0.1) is 0 Å². The van der Waals surface area contributed by atoms with Gasteiger partial charge in [0.05, 0.1) is 16.6 Å². The average molecular weight is 341 g/mol. The van der Waals surface area contributed by atoms with E-state index in [9.17, 15) is 13.2 Å². The van der Waals surface area contributed by atoms with Crippen LogP contribution in [-0.2, 0) is 6.18 Å². The van der Waals surface area contributed by atoms with Crippen molar-refractivity contribution in [3.63, 3.8) is 0 Å². The Hall–Kier alpha value is -1.82. The van der Waals surface area contributed by atoms with Crippen molar-refractivity contribution in [1.29, 1.82) is 0 Å². The lowest BCUT2D eigenvalue weighted by Gasteiger charge is -2.10. The minimum atomic E-state index is -4.40. The summed E-state index contributed by atoms with van der Waals surface area (Å²) in [4.78, 5) is 7.31. The van der Waals surface area contributed by atoms with Crippen molar-refractivity contribution < 1.29 is 13.2 Å². The zero-order valence-electron chi connectivity index (χ0n) is 10.0. The average Bonchev–Trinajstić information content (AvgIpc) is 2.81. The summed E-state index contributed by atoms with van der Waals surface area (Å²) in [5.74, 6) is 0.421. The van der Waals surface area contributed by atoms with Gasteiger partial charge in [0.25, 0.3) is 0 Å². The van der Waals surface area contributed by atoms with E-state index in [1.807, 2.05) is 18.2 Å². The topological polar surface area (TPSA) is 28.7 Å². The van der Waals surface area contributed by atoms with Gasteiger partial charge in [-0.3, -0.25) is 0 Å². The molecule has 0 radical (unpaired) electrons. The summed E-state index contributed by atoms with van der Waals surface area (Å²) in [6.07, 6.45) is -4.40. The van der Waals surface area contributed by atoms with Gasteiger partial charge in [-0.25, -0.2) is 4.98 Å². The third-order valence-corrected chi connectivity index (χ3v) is 3.63. The number of nitrogens with one attached hydrogen (secondary N) is 1. The Kier molecular flexibility index (Phi) is 3.05. The molecule has 0 unspecified atom stereocenters. The van der Waals surface area contributed by atoms with Crippen LogP contribution in [0.4, 0.5) is 13.2 Å². The number of nitrogens with zero attached hydrogens (tertiary/aromatic N) is 1. The summed E-state index contributed by atoms with van der Waals surface area (Å²) in [7, 11) is 0. The fourth-order valence-corrected chi connectivity index (χ4v) is 2.45. The highest BCUT2D eigenvalue weighted by Crippen LogP contribution is 2.37. The zero-order chi connectivity index (χ0) is 14.3. The van der Waals surface area contributed by atoms with Gasteiger partial charge in [-0.05, 0) is 24.3 Å². The number of rotatable bonds is 1. The van der Waals surface area contributed by atoms with Gasteiger partial charge in [0.1, 0.15) is 5.82 Å². The molecule has 1 aromatic heterocycles. The van der Waals surface area contributed by atoms with Gasteiger partial charge in [-0.1, -0.05) is 34.1 Å². The second kappa shape index (κ2) is 4.63. The largest absolute Gasteiger partial charge is 0.417 e. The molecule has 2 nitrogen and oxygen atoms in total. The van der Waals surface area contributed by atoms with E-state index in [4.69, 9.17) is 0 Å². The Balaban J connectivity index is 2.14. The molecule has 0 fully saturated rings. The zero-order valence-corrected chi connectivity index (χ0v) is 11.6. The number of hydrogen-bond donors (Lipinski definition) is 1. The third-order valence-electron chi connectivity index (χ3n) is 2.93. The molecular weight excluding hydrogens is 333 g/mol. The lowest BCUT2D eigenvalue weighted by molar-refractivity contribution is -0.138. The third kappa shape index (κ3) is 2.31. The standard InChI is InChI=1S/C14H8BrF3N2/c15-10-6-5-8(7-9(10)14(16,17)18)13-19-11-3-1-2-4-12(11)20-13/h1-7H,(H,19,20). The molecule has 0 atom stereocenters. The van der Waals surface area contributed by atoms with Crippen LogP contribution in [0.25, 0.3) is 22.4 Å². The van der Waals surface area contributed by atoms with E-state index in [1.54, 1.807) is 12.1 Å². The Morgan fingerprint density at radius 2 is 1.80 bits per heavy atom. The van der Waals surface area contributed by atoms with Gasteiger partial charge in [0.2, 0.25) is 0 Å². The first-order chi connectivity index (χ1) is 9.45. The van der Waals surface area contributed by atoms with Gasteiger partial charge < -0.3 is 4.98 Å². The number of aromatic amines is 1. The van der Waals surface area contributed by atoms with Crippen LogP contribution in [0.5, 0.6) is 0 Å². The molecule has 2 aromatic carbocycles. The van der Waals surface area contributed by atoms with Crippen LogP contribution in [-0.4, -0.2) is 9.97 Å². The number of H-pyrrole nitrogens is 1. The van der Waals surface area contributed by atoms with Crippen LogP contribution >= 0.6 is 15.9 Å².